The van der Waals surface area contributed by atoms with Gasteiger partial charge in [-0.15, -0.1) is 0 Å². The van der Waals surface area contributed by atoms with E-state index >= 15 is 0 Å². The van der Waals surface area contributed by atoms with Crippen molar-refractivity contribution in [2.75, 3.05) is 5.73 Å². The van der Waals surface area contributed by atoms with Crippen molar-refractivity contribution in [1.82, 2.24) is 14.5 Å². The molecule has 4 nitrogen and oxygen atoms in total. The molecule has 0 radical (unpaired) electrons. The zero-order valence-corrected chi connectivity index (χ0v) is 12.8. The van der Waals surface area contributed by atoms with Gasteiger partial charge in [0.25, 0.3) is 0 Å². The Morgan fingerprint density at radius 1 is 0.913 bits per heavy atom. The molecule has 0 unspecified atom stereocenters. The minimum absolute atomic E-state index is 0.741. The minimum Gasteiger partial charge on any atom is -0.399 e. The molecule has 0 amide bonds. The Kier molecular flexibility index (Phi) is 3.08. The highest BCUT2D eigenvalue weighted by Gasteiger charge is 2.14. The van der Waals surface area contributed by atoms with E-state index in [4.69, 9.17) is 10.7 Å². The molecule has 4 aromatic rings. The first-order chi connectivity index (χ1) is 11.2. The lowest BCUT2D eigenvalue weighted by molar-refractivity contribution is 1.08. The standard InChI is InChI=1S/C19H16N4/c1-13-4-10-16(11-5-13)23-18(14-6-8-15(20)9-7-14)22-17-3-2-12-21-19(17)23/h2-12H,20H2,1H3. The molecule has 0 spiro atoms. The highest BCUT2D eigenvalue weighted by Crippen LogP contribution is 2.28. The number of benzene rings is 2. The number of nitrogens with zero attached hydrogens (tertiary/aromatic N) is 3. The number of anilines is 1. The number of rotatable bonds is 2. The summed E-state index contributed by atoms with van der Waals surface area (Å²) in [6.07, 6.45) is 1.79. The maximum absolute atomic E-state index is 5.81. The second-order valence-corrected chi connectivity index (χ2v) is 5.57. The van der Waals surface area contributed by atoms with E-state index in [1.807, 2.05) is 36.4 Å². The Labute approximate surface area is 134 Å². The van der Waals surface area contributed by atoms with Gasteiger partial charge < -0.3 is 5.73 Å². The zero-order valence-electron chi connectivity index (χ0n) is 12.8. The summed E-state index contributed by atoms with van der Waals surface area (Å²) in [5.41, 5.74) is 11.6. The molecule has 2 heterocycles. The van der Waals surface area contributed by atoms with Gasteiger partial charge in [0, 0.05) is 23.1 Å². The number of hydrogen-bond acceptors (Lipinski definition) is 3. The quantitative estimate of drug-likeness (QED) is 0.570. The first-order valence-corrected chi connectivity index (χ1v) is 7.49. The molecule has 0 aliphatic heterocycles. The fourth-order valence-corrected chi connectivity index (χ4v) is 2.68. The summed E-state index contributed by atoms with van der Waals surface area (Å²) in [4.78, 5) is 9.29. The van der Waals surface area contributed by atoms with Crippen LogP contribution in [0.25, 0.3) is 28.2 Å². The lowest BCUT2D eigenvalue weighted by atomic mass is 10.2. The number of aromatic nitrogens is 3. The summed E-state index contributed by atoms with van der Waals surface area (Å²) in [5.74, 6) is 0.863. The van der Waals surface area contributed by atoms with Crippen LogP contribution in [0.3, 0.4) is 0 Å². The predicted octanol–water partition coefficient (Wildman–Crippen LogP) is 3.98. The van der Waals surface area contributed by atoms with Crippen LogP contribution in [0.1, 0.15) is 5.56 Å². The summed E-state index contributed by atoms with van der Waals surface area (Å²) < 4.78 is 2.08. The maximum Gasteiger partial charge on any atom is 0.164 e. The Bertz CT molecular complexity index is 967. The monoisotopic (exact) mass is 300 g/mol. The molecule has 2 N–H and O–H groups in total. The summed E-state index contributed by atoms with van der Waals surface area (Å²) in [6.45, 7) is 2.08. The van der Waals surface area contributed by atoms with Gasteiger partial charge in [-0.3, -0.25) is 4.57 Å². The molecule has 0 saturated carbocycles. The third-order valence-corrected chi connectivity index (χ3v) is 3.88. The average molecular weight is 300 g/mol. The smallest absolute Gasteiger partial charge is 0.164 e. The van der Waals surface area contributed by atoms with E-state index in [2.05, 4.69) is 40.7 Å². The third kappa shape index (κ3) is 2.34. The largest absolute Gasteiger partial charge is 0.399 e. The van der Waals surface area contributed by atoms with Crippen LogP contribution in [0.2, 0.25) is 0 Å². The molecule has 0 bridgehead atoms. The van der Waals surface area contributed by atoms with Crippen LogP contribution in [0.5, 0.6) is 0 Å². The van der Waals surface area contributed by atoms with Gasteiger partial charge in [-0.25, -0.2) is 9.97 Å². The molecular formula is C19H16N4. The van der Waals surface area contributed by atoms with E-state index in [0.717, 1.165) is 33.9 Å². The van der Waals surface area contributed by atoms with Gasteiger partial charge in [0.05, 0.1) is 0 Å². The second kappa shape index (κ2) is 5.25. The molecule has 4 rings (SSSR count). The van der Waals surface area contributed by atoms with E-state index in [1.54, 1.807) is 6.20 Å². The van der Waals surface area contributed by atoms with Gasteiger partial charge in [-0.2, -0.15) is 0 Å². The minimum atomic E-state index is 0.741. The van der Waals surface area contributed by atoms with Crippen LogP contribution in [0.4, 0.5) is 5.69 Å². The fraction of sp³-hybridized carbons (Fsp3) is 0.0526. The van der Waals surface area contributed by atoms with Gasteiger partial charge >= 0.3 is 0 Å². The normalized spacial score (nSPS) is 11.0. The fourth-order valence-electron chi connectivity index (χ4n) is 2.68. The van der Waals surface area contributed by atoms with Crippen molar-refractivity contribution >= 4 is 16.9 Å². The lowest BCUT2D eigenvalue weighted by Crippen LogP contribution is -1.98. The zero-order chi connectivity index (χ0) is 15.8. The van der Waals surface area contributed by atoms with Gasteiger partial charge in [0.15, 0.2) is 5.65 Å². The summed E-state index contributed by atoms with van der Waals surface area (Å²) in [6, 6.07) is 20.0. The van der Waals surface area contributed by atoms with Crippen molar-refractivity contribution in [2.24, 2.45) is 0 Å². The highest BCUT2D eigenvalue weighted by atomic mass is 15.1. The molecule has 0 fully saturated rings. The van der Waals surface area contributed by atoms with Gasteiger partial charge in [-0.1, -0.05) is 17.7 Å². The number of aryl methyl sites for hydroxylation is 1. The van der Waals surface area contributed by atoms with E-state index in [-0.39, 0.29) is 0 Å². The van der Waals surface area contributed by atoms with Crippen molar-refractivity contribution < 1.29 is 0 Å². The highest BCUT2D eigenvalue weighted by molar-refractivity contribution is 5.80. The van der Waals surface area contributed by atoms with Crippen LogP contribution in [-0.4, -0.2) is 14.5 Å². The van der Waals surface area contributed by atoms with Crippen molar-refractivity contribution in [3.8, 4) is 17.1 Å². The van der Waals surface area contributed by atoms with Crippen LogP contribution in [0.15, 0.2) is 66.9 Å². The molecule has 0 atom stereocenters. The topological polar surface area (TPSA) is 56.7 Å². The molecule has 2 aromatic carbocycles. The lowest BCUT2D eigenvalue weighted by Gasteiger charge is -2.09. The molecule has 0 aliphatic rings. The van der Waals surface area contributed by atoms with Crippen molar-refractivity contribution in [3.05, 3.63) is 72.4 Å². The molecular weight excluding hydrogens is 284 g/mol. The molecule has 0 saturated heterocycles. The maximum atomic E-state index is 5.81. The molecule has 4 heteroatoms. The molecule has 2 aromatic heterocycles. The van der Waals surface area contributed by atoms with Gasteiger partial charge in [0.1, 0.15) is 11.3 Å². The van der Waals surface area contributed by atoms with Gasteiger partial charge in [-0.05, 0) is 55.5 Å². The first-order valence-electron chi connectivity index (χ1n) is 7.49. The molecule has 0 aliphatic carbocycles. The van der Waals surface area contributed by atoms with Gasteiger partial charge in [0.2, 0.25) is 0 Å². The van der Waals surface area contributed by atoms with E-state index < -0.39 is 0 Å². The van der Waals surface area contributed by atoms with E-state index in [9.17, 15) is 0 Å². The van der Waals surface area contributed by atoms with Crippen molar-refractivity contribution in [3.63, 3.8) is 0 Å². The Morgan fingerprint density at radius 3 is 2.39 bits per heavy atom. The van der Waals surface area contributed by atoms with Crippen LogP contribution < -0.4 is 5.73 Å². The Morgan fingerprint density at radius 2 is 1.65 bits per heavy atom. The number of nitrogen functional groups attached to an aromatic ring is 1. The first kappa shape index (κ1) is 13.5. The van der Waals surface area contributed by atoms with Crippen molar-refractivity contribution in [2.45, 2.75) is 6.92 Å². The van der Waals surface area contributed by atoms with Crippen LogP contribution in [-0.2, 0) is 0 Å². The number of hydrogen-bond donors (Lipinski definition) is 1. The molecule has 23 heavy (non-hydrogen) atoms. The summed E-state index contributed by atoms with van der Waals surface area (Å²) in [5, 5.41) is 0. The van der Waals surface area contributed by atoms with E-state index in [1.165, 1.54) is 5.56 Å². The summed E-state index contributed by atoms with van der Waals surface area (Å²) in [7, 11) is 0. The number of nitrogens with two attached hydrogens (primary N) is 1. The van der Waals surface area contributed by atoms with E-state index in [0.29, 0.717) is 0 Å². The van der Waals surface area contributed by atoms with Crippen molar-refractivity contribution in [1.29, 1.82) is 0 Å². The average Bonchev–Trinajstić information content (AvgIpc) is 2.96. The predicted molar refractivity (Wildman–Crippen MR) is 93.5 cm³/mol. The van der Waals surface area contributed by atoms with Crippen LogP contribution >= 0.6 is 0 Å². The Balaban J connectivity index is 2.01. The Hall–Kier alpha value is -3.14. The third-order valence-electron chi connectivity index (χ3n) is 3.88. The second-order valence-electron chi connectivity index (χ2n) is 5.57. The number of fused-ring (bicyclic) bond motifs is 1. The number of pyridine rings is 1. The SMILES string of the molecule is Cc1ccc(-n2c(-c3ccc(N)cc3)nc3cccnc32)cc1. The molecule has 112 valence electrons. The van der Waals surface area contributed by atoms with Crippen LogP contribution in [0, 0.1) is 6.92 Å². The summed E-state index contributed by atoms with van der Waals surface area (Å²) >= 11 is 0. The number of imidazole rings is 1.